The minimum absolute atomic E-state index is 0.271. The molecule has 0 spiro atoms. The van der Waals surface area contributed by atoms with Gasteiger partial charge in [0.05, 0.1) is 6.04 Å². The lowest BCUT2D eigenvalue weighted by molar-refractivity contribution is -0.122. The van der Waals surface area contributed by atoms with Crippen molar-refractivity contribution in [3.05, 3.63) is 29.6 Å². The second-order valence-corrected chi connectivity index (χ2v) is 4.38. The summed E-state index contributed by atoms with van der Waals surface area (Å²) in [5.41, 5.74) is 11.7. The van der Waals surface area contributed by atoms with Crippen LogP contribution in [0.4, 0.5) is 10.1 Å². The summed E-state index contributed by atoms with van der Waals surface area (Å²) in [6.45, 7) is 1.18. The van der Waals surface area contributed by atoms with Gasteiger partial charge in [-0.3, -0.25) is 9.69 Å². The molecule has 1 fully saturated rings. The molecule has 0 aliphatic carbocycles. The Morgan fingerprint density at radius 3 is 2.94 bits per heavy atom. The number of benzene rings is 1. The van der Waals surface area contributed by atoms with Crippen LogP contribution in [0.1, 0.15) is 18.4 Å². The second kappa shape index (κ2) is 4.71. The van der Waals surface area contributed by atoms with Gasteiger partial charge in [-0.15, -0.1) is 0 Å². The van der Waals surface area contributed by atoms with Gasteiger partial charge in [-0.25, -0.2) is 4.39 Å². The largest absolute Gasteiger partial charge is 0.399 e. The van der Waals surface area contributed by atoms with Gasteiger partial charge in [-0.2, -0.15) is 0 Å². The average molecular weight is 237 g/mol. The number of likely N-dealkylation sites (tertiary alicyclic amines) is 1. The van der Waals surface area contributed by atoms with Crippen molar-refractivity contribution in [3.63, 3.8) is 0 Å². The monoisotopic (exact) mass is 237 g/mol. The molecule has 1 atom stereocenters. The molecule has 1 saturated heterocycles. The third-order valence-corrected chi connectivity index (χ3v) is 3.14. The molecular weight excluding hydrogens is 221 g/mol. The highest BCUT2D eigenvalue weighted by Gasteiger charge is 2.29. The van der Waals surface area contributed by atoms with Crippen molar-refractivity contribution in [1.29, 1.82) is 0 Å². The molecule has 0 saturated carbocycles. The summed E-state index contributed by atoms with van der Waals surface area (Å²) in [4.78, 5) is 13.1. The van der Waals surface area contributed by atoms with Crippen LogP contribution in [0.15, 0.2) is 18.2 Å². The van der Waals surface area contributed by atoms with Gasteiger partial charge in [0, 0.05) is 17.8 Å². The van der Waals surface area contributed by atoms with Crippen LogP contribution in [0.3, 0.4) is 0 Å². The zero-order chi connectivity index (χ0) is 12.4. The van der Waals surface area contributed by atoms with Crippen LogP contribution < -0.4 is 11.5 Å². The molecule has 5 heteroatoms. The molecule has 0 aromatic heterocycles. The fourth-order valence-corrected chi connectivity index (χ4v) is 2.25. The van der Waals surface area contributed by atoms with Gasteiger partial charge < -0.3 is 11.5 Å². The Bertz CT molecular complexity index is 436. The molecule has 4 nitrogen and oxygen atoms in total. The Morgan fingerprint density at radius 1 is 1.53 bits per heavy atom. The zero-order valence-corrected chi connectivity index (χ0v) is 9.53. The number of anilines is 1. The number of nitrogen functional groups attached to an aromatic ring is 1. The summed E-state index contributed by atoms with van der Waals surface area (Å²) in [7, 11) is 0. The predicted molar refractivity (Wildman–Crippen MR) is 63.4 cm³/mol. The van der Waals surface area contributed by atoms with Crippen molar-refractivity contribution in [2.24, 2.45) is 5.73 Å². The minimum Gasteiger partial charge on any atom is -0.399 e. The number of carbonyl (C=O) groups is 1. The van der Waals surface area contributed by atoms with E-state index in [0.29, 0.717) is 17.8 Å². The highest BCUT2D eigenvalue weighted by atomic mass is 19.1. The van der Waals surface area contributed by atoms with Gasteiger partial charge in [-0.1, -0.05) is 6.07 Å². The number of nitrogens with two attached hydrogens (primary N) is 2. The Kier molecular flexibility index (Phi) is 3.28. The topological polar surface area (TPSA) is 72.4 Å². The number of primary amides is 1. The highest BCUT2D eigenvalue weighted by Crippen LogP contribution is 2.21. The molecule has 1 aliphatic rings. The van der Waals surface area contributed by atoms with E-state index >= 15 is 0 Å². The van der Waals surface area contributed by atoms with Crippen LogP contribution >= 0.6 is 0 Å². The number of halogens is 1. The Morgan fingerprint density at radius 2 is 2.29 bits per heavy atom. The maximum atomic E-state index is 13.6. The SMILES string of the molecule is NC(=O)C1CCCN1Cc1ccc(N)cc1F. The molecule has 2 rings (SSSR count). The van der Waals surface area contributed by atoms with E-state index in [1.165, 1.54) is 6.07 Å². The summed E-state index contributed by atoms with van der Waals surface area (Å²) in [5.74, 6) is -0.668. The van der Waals surface area contributed by atoms with Crippen molar-refractivity contribution < 1.29 is 9.18 Å². The smallest absolute Gasteiger partial charge is 0.234 e. The first-order chi connectivity index (χ1) is 8.08. The summed E-state index contributed by atoms with van der Waals surface area (Å²) in [5, 5.41) is 0. The van der Waals surface area contributed by atoms with E-state index in [1.54, 1.807) is 12.1 Å². The molecule has 4 N–H and O–H groups in total. The molecule has 17 heavy (non-hydrogen) atoms. The highest BCUT2D eigenvalue weighted by molar-refractivity contribution is 5.80. The maximum absolute atomic E-state index is 13.6. The van der Waals surface area contributed by atoms with E-state index in [2.05, 4.69) is 0 Å². The van der Waals surface area contributed by atoms with Crippen molar-refractivity contribution in [1.82, 2.24) is 4.90 Å². The molecule has 1 unspecified atom stereocenters. The van der Waals surface area contributed by atoms with Gasteiger partial charge in [0.1, 0.15) is 5.82 Å². The Hall–Kier alpha value is -1.62. The molecule has 1 aliphatic heterocycles. The lowest BCUT2D eigenvalue weighted by atomic mass is 10.1. The lowest BCUT2D eigenvalue weighted by Gasteiger charge is -2.22. The summed E-state index contributed by atoms with van der Waals surface area (Å²) < 4.78 is 13.6. The number of hydrogen-bond donors (Lipinski definition) is 2. The van der Waals surface area contributed by atoms with E-state index in [1.807, 2.05) is 4.90 Å². The van der Waals surface area contributed by atoms with E-state index in [-0.39, 0.29) is 17.8 Å². The van der Waals surface area contributed by atoms with Crippen molar-refractivity contribution in [2.75, 3.05) is 12.3 Å². The van der Waals surface area contributed by atoms with Gasteiger partial charge in [0.2, 0.25) is 5.91 Å². The average Bonchev–Trinajstić information content (AvgIpc) is 2.70. The quantitative estimate of drug-likeness (QED) is 0.766. The number of amides is 1. The fourth-order valence-electron chi connectivity index (χ4n) is 2.25. The standard InChI is InChI=1S/C12H16FN3O/c13-10-6-9(14)4-3-8(10)7-16-5-1-2-11(16)12(15)17/h3-4,6,11H,1-2,5,7,14H2,(H2,15,17). The molecular formula is C12H16FN3O. The molecule has 0 radical (unpaired) electrons. The normalized spacial score (nSPS) is 20.6. The molecule has 1 amide bonds. The van der Waals surface area contributed by atoms with Crippen LogP contribution in [0.5, 0.6) is 0 Å². The third kappa shape index (κ3) is 2.55. The minimum atomic E-state index is -0.335. The van der Waals surface area contributed by atoms with Gasteiger partial charge in [0.25, 0.3) is 0 Å². The number of rotatable bonds is 3. The molecule has 0 bridgehead atoms. The first-order valence-electron chi connectivity index (χ1n) is 5.65. The maximum Gasteiger partial charge on any atom is 0.234 e. The first-order valence-corrected chi connectivity index (χ1v) is 5.65. The van der Waals surface area contributed by atoms with Crippen molar-refractivity contribution >= 4 is 11.6 Å². The Labute approximate surface area is 99.4 Å². The second-order valence-electron chi connectivity index (χ2n) is 4.38. The molecule has 92 valence electrons. The summed E-state index contributed by atoms with van der Waals surface area (Å²) in [6.07, 6.45) is 1.68. The van der Waals surface area contributed by atoms with Crippen molar-refractivity contribution in [3.8, 4) is 0 Å². The number of carbonyl (C=O) groups excluding carboxylic acids is 1. The van der Waals surface area contributed by atoms with Gasteiger partial charge in [-0.05, 0) is 31.5 Å². The summed E-state index contributed by atoms with van der Waals surface area (Å²) >= 11 is 0. The van der Waals surface area contributed by atoms with Gasteiger partial charge in [0.15, 0.2) is 0 Å². The lowest BCUT2D eigenvalue weighted by Crippen LogP contribution is -2.39. The predicted octanol–water partition coefficient (Wildman–Crippen LogP) is 0.858. The molecule has 1 heterocycles. The van der Waals surface area contributed by atoms with Crippen LogP contribution in [0.2, 0.25) is 0 Å². The summed E-state index contributed by atoms with van der Waals surface area (Å²) in [6, 6.07) is 4.34. The first kappa shape index (κ1) is 11.9. The number of hydrogen-bond acceptors (Lipinski definition) is 3. The van der Waals surface area contributed by atoms with E-state index < -0.39 is 0 Å². The van der Waals surface area contributed by atoms with E-state index in [0.717, 1.165) is 19.4 Å². The van der Waals surface area contributed by atoms with Crippen LogP contribution in [-0.4, -0.2) is 23.4 Å². The number of nitrogens with zero attached hydrogens (tertiary/aromatic N) is 1. The van der Waals surface area contributed by atoms with Crippen LogP contribution in [0, 0.1) is 5.82 Å². The van der Waals surface area contributed by atoms with Crippen LogP contribution in [-0.2, 0) is 11.3 Å². The van der Waals surface area contributed by atoms with E-state index in [9.17, 15) is 9.18 Å². The Balaban J connectivity index is 2.12. The van der Waals surface area contributed by atoms with Crippen LogP contribution in [0.25, 0.3) is 0 Å². The van der Waals surface area contributed by atoms with E-state index in [4.69, 9.17) is 11.5 Å². The third-order valence-electron chi connectivity index (χ3n) is 3.14. The fraction of sp³-hybridized carbons (Fsp3) is 0.417. The molecule has 1 aromatic carbocycles. The zero-order valence-electron chi connectivity index (χ0n) is 9.53. The molecule has 1 aromatic rings. The van der Waals surface area contributed by atoms with Gasteiger partial charge >= 0.3 is 0 Å². The van der Waals surface area contributed by atoms with Crippen molar-refractivity contribution in [2.45, 2.75) is 25.4 Å².